The monoisotopic (exact) mass is 306 g/mol. The first-order valence-corrected chi connectivity index (χ1v) is 7.66. The Kier molecular flexibility index (Phi) is 4.24. The Bertz CT molecular complexity index is 850. The Hall–Kier alpha value is -2.88. The summed E-state index contributed by atoms with van der Waals surface area (Å²) in [4.78, 5) is 27.7. The van der Waals surface area contributed by atoms with Gasteiger partial charge in [-0.15, -0.1) is 0 Å². The molecule has 4 nitrogen and oxygen atoms in total. The summed E-state index contributed by atoms with van der Waals surface area (Å²) >= 11 is 0. The van der Waals surface area contributed by atoms with Gasteiger partial charge in [0.25, 0.3) is 11.7 Å². The van der Waals surface area contributed by atoms with Gasteiger partial charge < -0.3 is 10.3 Å². The molecule has 1 heterocycles. The molecule has 3 rings (SSSR count). The Morgan fingerprint density at radius 2 is 1.83 bits per heavy atom. The SMILES string of the molecule is CCc1cccc2c(C(=O)C(=O)NCc3ccccc3)c[nH]c12. The summed E-state index contributed by atoms with van der Waals surface area (Å²) in [5.41, 5.74) is 3.43. The Balaban J connectivity index is 1.79. The van der Waals surface area contributed by atoms with Crippen LogP contribution in [-0.4, -0.2) is 16.7 Å². The number of carbonyl (C=O) groups is 2. The molecule has 1 amide bonds. The van der Waals surface area contributed by atoms with Gasteiger partial charge in [-0.25, -0.2) is 0 Å². The van der Waals surface area contributed by atoms with Gasteiger partial charge in [-0.3, -0.25) is 9.59 Å². The minimum absolute atomic E-state index is 0.341. The molecule has 4 heteroatoms. The van der Waals surface area contributed by atoms with E-state index < -0.39 is 11.7 Å². The number of nitrogens with one attached hydrogen (secondary N) is 2. The number of para-hydroxylation sites is 1. The number of carbonyl (C=O) groups excluding carboxylic acids is 2. The fourth-order valence-electron chi connectivity index (χ4n) is 2.68. The summed E-state index contributed by atoms with van der Waals surface area (Å²) in [6.45, 7) is 2.40. The van der Waals surface area contributed by atoms with Crippen LogP contribution in [0.2, 0.25) is 0 Å². The summed E-state index contributed by atoms with van der Waals surface area (Å²) in [5.74, 6) is -1.10. The molecule has 0 bridgehead atoms. The number of fused-ring (bicyclic) bond motifs is 1. The number of amides is 1. The van der Waals surface area contributed by atoms with Gasteiger partial charge in [-0.2, -0.15) is 0 Å². The van der Waals surface area contributed by atoms with E-state index in [4.69, 9.17) is 0 Å². The highest BCUT2D eigenvalue weighted by atomic mass is 16.2. The van der Waals surface area contributed by atoms with Crippen molar-refractivity contribution in [2.75, 3.05) is 0 Å². The summed E-state index contributed by atoms with van der Waals surface area (Å²) in [5, 5.41) is 3.47. The first-order valence-electron chi connectivity index (χ1n) is 7.66. The Morgan fingerprint density at radius 3 is 2.57 bits per heavy atom. The lowest BCUT2D eigenvalue weighted by Gasteiger charge is -2.04. The van der Waals surface area contributed by atoms with Crippen LogP contribution in [0.5, 0.6) is 0 Å². The Morgan fingerprint density at radius 1 is 1.04 bits per heavy atom. The summed E-state index contributed by atoms with van der Waals surface area (Å²) in [6.07, 6.45) is 2.49. The molecule has 116 valence electrons. The molecule has 1 aromatic heterocycles. The predicted octanol–water partition coefficient (Wildman–Crippen LogP) is 3.23. The van der Waals surface area contributed by atoms with Crippen LogP contribution in [0.1, 0.15) is 28.4 Å². The first-order chi connectivity index (χ1) is 11.2. The van der Waals surface area contributed by atoms with Crippen LogP contribution in [0.4, 0.5) is 0 Å². The summed E-state index contributed by atoms with van der Waals surface area (Å²) in [7, 11) is 0. The number of hydrogen-bond donors (Lipinski definition) is 2. The van der Waals surface area contributed by atoms with Crippen molar-refractivity contribution in [3.63, 3.8) is 0 Å². The van der Waals surface area contributed by atoms with E-state index in [1.54, 1.807) is 6.20 Å². The molecule has 0 aliphatic carbocycles. The topological polar surface area (TPSA) is 62.0 Å². The van der Waals surface area contributed by atoms with Gasteiger partial charge in [0.15, 0.2) is 0 Å². The molecule has 0 radical (unpaired) electrons. The van der Waals surface area contributed by atoms with Gasteiger partial charge in [-0.05, 0) is 17.5 Å². The fourth-order valence-corrected chi connectivity index (χ4v) is 2.68. The third-order valence-corrected chi connectivity index (χ3v) is 3.93. The number of aromatic amines is 1. The zero-order valence-electron chi connectivity index (χ0n) is 12.9. The largest absolute Gasteiger partial charge is 0.360 e. The van der Waals surface area contributed by atoms with E-state index in [9.17, 15) is 9.59 Å². The second-order valence-electron chi connectivity index (χ2n) is 5.39. The van der Waals surface area contributed by atoms with Crippen molar-refractivity contribution in [3.05, 3.63) is 71.4 Å². The lowest BCUT2D eigenvalue weighted by molar-refractivity contribution is -0.117. The van der Waals surface area contributed by atoms with Crippen molar-refractivity contribution < 1.29 is 9.59 Å². The van der Waals surface area contributed by atoms with Crippen LogP contribution in [0.3, 0.4) is 0 Å². The first kappa shape index (κ1) is 15.0. The maximum atomic E-state index is 12.4. The molecule has 0 aliphatic heterocycles. The third kappa shape index (κ3) is 3.01. The molecular formula is C19H18N2O2. The second kappa shape index (κ2) is 6.48. The van der Waals surface area contributed by atoms with E-state index >= 15 is 0 Å². The quantitative estimate of drug-likeness (QED) is 0.561. The maximum absolute atomic E-state index is 12.4. The van der Waals surface area contributed by atoms with Gasteiger partial charge in [0.05, 0.1) is 5.56 Å². The molecule has 0 spiro atoms. The van der Waals surface area contributed by atoms with Gasteiger partial charge in [-0.1, -0.05) is 55.5 Å². The van der Waals surface area contributed by atoms with Gasteiger partial charge >= 0.3 is 0 Å². The lowest BCUT2D eigenvalue weighted by atomic mass is 10.0. The highest BCUT2D eigenvalue weighted by Gasteiger charge is 2.20. The number of H-pyrrole nitrogens is 1. The van der Waals surface area contributed by atoms with Gasteiger partial charge in [0.2, 0.25) is 0 Å². The molecule has 23 heavy (non-hydrogen) atoms. The molecule has 3 aromatic rings. The predicted molar refractivity (Wildman–Crippen MR) is 90.3 cm³/mol. The smallest absolute Gasteiger partial charge is 0.292 e. The van der Waals surface area contributed by atoms with E-state index in [1.165, 1.54) is 0 Å². The standard InChI is InChI=1S/C19H18N2O2/c1-2-14-9-6-10-15-16(12-20-17(14)15)18(22)19(23)21-11-13-7-4-3-5-8-13/h3-10,12,20H,2,11H2,1H3,(H,21,23). The molecule has 0 saturated carbocycles. The molecule has 2 aromatic carbocycles. The Labute approximate surface area is 134 Å². The van der Waals surface area contributed by atoms with Crippen molar-refractivity contribution in [2.24, 2.45) is 0 Å². The summed E-state index contributed by atoms with van der Waals surface area (Å²) in [6, 6.07) is 15.3. The van der Waals surface area contributed by atoms with Crippen molar-refractivity contribution in [1.82, 2.24) is 10.3 Å². The number of Topliss-reactive ketones (excluding diaryl/α,β-unsaturated/α-hetero) is 1. The number of hydrogen-bond acceptors (Lipinski definition) is 2. The van der Waals surface area contributed by atoms with Crippen LogP contribution in [-0.2, 0) is 17.8 Å². The van der Waals surface area contributed by atoms with Crippen molar-refractivity contribution in [2.45, 2.75) is 19.9 Å². The van der Waals surface area contributed by atoms with E-state index in [1.807, 2.05) is 48.5 Å². The minimum atomic E-state index is -0.586. The number of aromatic nitrogens is 1. The summed E-state index contributed by atoms with van der Waals surface area (Å²) < 4.78 is 0. The molecular weight excluding hydrogens is 288 g/mol. The van der Waals surface area contributed by atoms with E-state index in [0.717, 1.165) is 28.5 Å². The zero-order chi connectivity index (χ0) is 16.2. The molecule has 0 atom stereocenters. The number of aryl methyl sites for hydroxylation is 1. The molecule has 0 saturated heterocycles. The molecule has 2 N–H and O–H groups in total. The number of rotatable bonds is 5. The third-order valence-electron chi connectivity index (χ3n) is 3.93. The minimum Gasteiger partial charge on any atom is -0.360 e. The van der Waals surface area contributed by atoms with Crippen molar-refractivity contribution in [1.29, 1.82) is 0 Å². The van der Waals surface area contributed by atoms with Crippen LogP contribution in [0, 0.1) is 0 Å². The van der Waals surface area contributed by atoms with Crippen LogP contribution < -0.4 is 5.32 Å². The van der Waals surface area contributed by atoms with Crippen LogP contribution in [0.25, 0.3) is 10.9 Å². The van der Waals surface area contributed by atoms with E-state index in [2.05, 4.69) is 17.2 Å². The maximum Gasteiger partial charge on any atom is 0.292 e. The lowest BCUT2D eigenvalue weighted by Crippen LogP contribution is -2.30. The molecule has 0 unspecified atom stereocenters. The normalized spacial score (nSPS) is 10.7. The highest BCUT2D eigenvalue weighted by Crippen LogP contribution is 2.22. The average Bonchev–Trinajstić information content (AvgIpc) is 3.04. The van der Waals surface area contributed by atoms with Crippen LogP contribution in [0.15, 0.2) is 54.7 Å². The second-order valence-corrected chi connectivity index (χ2v) is 5.39. The van der Waals surface area contributed by atoms with Crippen LogP contribution >= 0.6 is 0 Å². The van der Waals surface area contributed by atoms with E-state index in [0.29, 0.717) is 12.1 Å². The van der Waals surface area contributed by atoms with Gasteiger partial charge in [0, 0.05) is 23.6 Å². The zero-order valence-corrected chi connectivity index (χ0v) is 12.9. The average molecular weight is 306 g/mol. The molecule has 0 aliphatic rings. The number of benzene rings is 2. The van der Waals surface area contributed by atoms with Crippen molar-refractivity contribution in [3.8, 4) is 0 Å². The van der Waals surface area contributed by atoms with Gasteiger partial charge in [0.1, 0.15) is 0 Å². The fraction of sp³-hybridized carbons (Fsp3) is 0.158. The van der Waals surface area contributed by atoms with E-state index in [-0.39, 0.29) is 0 Å². The highest BCUT2D eigenvalue weighted by molar-refractivity contribution is 6.44. The molecule has 0 fully saturated rings. The number of ketones is 1. The van der Waals surface area contributed by atoms with Crippen molar-refractivity contribution >= 4 is 22.6 Å².